The maximum absolute atomic E-state index is 12.9. The van der Waals surface area contributed by atoms with Gasteiger partial charge in [-0.3, -0.25) is 0 Å². The number of halogens is 3. The smallest absolute Gasteiger partial charge is 0.416 e. The van der Waals surface area contributed by atoms with Crippen LogP contribution in [0.3, 0.4) is 0 Å². The van der Waals surface area contributed by atoms with Gasteiger partial charge in [0, 0.05) is 37.1 Å². The van der Waals surface area contributed by atoms with Gasteiger partial charge in [-0.2, -0.15) is 13.2 Å². The van der Waals surface area contributed by atoms with Gasteiger partial charge in [-0.25, -0.2) is 9.97 Å². The molecule has 0 radical (unpaired) electrons. The molecule has 0 spiro atoms. The lowest BCUT2D eigenvalue weighted by atomic mass is 10.0. The Hall–Kier alpha value is -3.07. The minimum absolute atomic E-state index is 0.119. The number of alkyl halides is 3. The van der Waals surface area contributed by atoms with Gasteiger partial charge >= 0.3 is 6.18 Å². The molecular weight excluding hydrogens is 397 g/mol. The van der Waals surface area contributed by atoms with E-state index in [0.717, 1.165) is 34.4 Å². The van der Waals surface area contributed by atoms with Crippen LogP contribution < -0.4 is 19.7 Å². The highest BCUT2D eigenvalue weighted by Gasteiger charge is 2.31. The van der Waals surface area contributed by atoms with Crippen molar-refractivity contribution in [3.8, 4) is 11.5 Å². The van der Waals surface area contributed by atoms with Gasteiger partial charge in [-0.1, -0.05) is 12.1 Å². The molecule has 4 rings (SSSR count). The third kappa shape index (κ3) is 3.85. The summed E-state index contributed by atoms with van der Waals surface area (Å²) in [5.74, 6) is 1.91. The van der Waals surface area contributed by atoms with Crippen LogP contribution in [-0.2, 0) is 6.18 Å². The summed E-state index contributed by atoms with van der Waals surface area (Å²) in [5, 5.41) is 4.19. The van der Waals surface area contributed by atoms with Crippen LogP contribution in [0.1, 0.15) is 17.2 Å². The average Bonchev–Trinajstić information content (AvgIpc) is 2.77. The van der Waals surface area contributed by atoms with Crippen molar-refractivity contribution in [2.24, 2.45) is 0 Å². The fourth-order valence-corrected chi connectivity index (χ4v) is 3.69. The first-order valence-electron chi connectivity index (χ1n) is 9.43. The molecule has 0 aliphatic carbocycles. The molecule has 1 saturated heterocycles. The Kier molecular flexibility index (Phi) is 5.38. The molecule has 1 atom stereocenters. The predicted octanol–water partition coefficient (Wildman–Crippen LogP) is 3.82. The van der Waals surface area contributed by atoms with Crippen LogP contribution in [0.25, 0.3) is 10.9 Å². The number of piperazine rings is 1. The van der Waals surface area contributed by atoms with Crippen LogP contribution in [-0.4, -0.2) is 43.8 Å². The van der Waals surface area contributed by atoms with Crippen LogP contribution in [0.5, 0.6) is 11.5 Å². The molecule has 2 aromatic carbocycles. The summed E-state index contributed by atoms with van der Waals surface area (Å²) in [6, 6.07) is 8.81. The average molecular weight is 418 g/mol. The van der Waals surface area contributed by atoms with Crippen molar-refractivity contribution in [1.82, 2.24) is 15.3 Å². The minimum atomic E-state index is -4.34. The molecule has 158 valence electrons. The predicted molar refractivity (Wildman–Crippen MR) is 107 cm³/mol. The summed E-state index contributed by atoms with van der Waals surface area (Å²) < 4.78 is 49.3. The molecule has 9 heteroatoms. The molecule has 3 aromatic rings. The van der Waals surface area contributed by atoms with E-state index in [1.807, 2.05) is 6.07 Å². The van der Waals surface area contributed by atoms with Crippen molar-refractivity contribution in [3.05, 3.63) is 53.9 Å². The van der Waals surface area contributed by atoms with Gasteiger partial charge in [-0.15, -0.1) is 0 Å². The van der Waals surface area contributed by atoms with Crippen LogP contribution in [0.2, 0.25) is 0 Å². The van der Waals surface area contributed by atoms with E-state index in [1.165, 1.54) is 18.5 Å². The van der Waals surface area contributed by atoms with Crippen molar-refractivity contribution < 1.29 is 22.6 Å². The Bertz CT molecular complexity index is 1040. The lowest BCUT2D eigenvalue weighted by Crippen LogP contribution is -2.46. The number of aromatic nitrogens is 2. The molecule has 0 bridgehead atoms. The maximum atomic E-state index is 12.9. The number of fused-ring (bicyclic) bond motifs is 1. The number of ether oxygens (including phenoxy) is 2. The van der Waals surface area contributed by atoms with Gasteiger partial charge in [-0.05, 0) is 23.8 Å². The number of nitrogens with zero attached hydrogens (tertiary/aromatic N) is 3. The van der Waals surface area contributed by atoms with Crippen LogP contribution in [0, 0.1) is 0 Å². The summed E-state index contributed by atoms with van der Waals surface area (Å²) in [6.07, 6.45) is -2.84. The van der Waals surface area contributed by atoms with Crippen LogP contribution >= 0.6 is 0 Å². The largest absolute Gasteiger partial charge is 0.493 e. The summed E-state index contributed by atoms with van der Waals surface area (Å²) in [5.41, 5.74) is 0.870. The normalized spacial score (nSPS) is 17.2. The SMILES string of the molecule is COc1cc2ncnc(N3CCNC(c4ccc(C(F)(F)F)cc4)C3)c2cc1OC. The monoisotopic (exact) mass is 418 g/mol. The van der Waals surface area contributed by atoms with E-state index in [-0.39, 0.29) is 6.04 Å². The Morgan fingerprint density at radius 2 is 1.73 bits per heavy atom. The van der Waals surface area contributed by atoms with Gasteiger partial charge in [0.05, 0.1) is 25.3 Å². The van der Waals surface area contributed by atoms with Gasteiger partial charge in [0.25, 0.3) is 0 Å². The molecule has 1 unspecified atom stereocenters. The van der Waals surface area contributed by atoms with Gasteiger partial charge in [0.1, 0.15) is 12.1 Å². The fraction of sp³-hybridized carbons (Fsp3) is 0.333. The molecule has 1 fully saturated rings. The third-order valence-electron chi connectivity index (χ3n) is 5.23. The molecule has 0 amide bonds. The number of anilines is 1. The quantitative estimate of drug-likeness (QED) is 0.695. The molecule has 1 N–H and O–H groups in total. The van der Waals surface area contributed by atoms with E-state index in [4.69, 9.17) is 9.47 Å². The molecule has 0 saturated carbocycles. The van der Waals surface area contributed by atoms with Crippen molar-refractivity contribution in [2.45, 2.75) is 12.2 Å². The van der Waals surface area contributed by atoms with Crippen LogP contribution in [0.15, 0.2) is 42.7 Å². The highest BCUT2D eigenvalue weighted by Crippen LogP contribution is 2.36. The zero-order valence-corrected chi connectivity index (χ0v) is 16.5. The zero-order chi connectivity index (χ0) is 21.3. The second-order valence-corrected chi connectivity index (χ2v) is 6.99. The Morgan fingerprint density at radius 1 is 1.03 bits per heavy atom. The molecular formula is C21H21F3N4O2. The molecule has 30 heavy (non-hydrogen) atoms. The highest BCUT2D eigenvalue weighted by atomic mass is 19.4. The van der Waals surface area contributed by atoms with Crippen molar-refractivity contribution in [1.29, 1.82) is 0 Å². The number of rotatable bonds is 4. The number of methoxy groups -OCH3 is 2. The molecule has 1 aromatic heterocycles. The Balaban J connectivity index is 1.64. The van der Waals surface area contributed by atoms with Gasteiger partial charge < -0.3 is 19.7 Å². The second-order valence-electron chi connectivity index (χ2n) is 6.99. The molecule has 1 aliphatic rings. The van der Waals surface area contributed by atoms with E-state index in [9.17, 15) is 13.2 Å². The lowest BCUT2D eigenvalue weighted by Gasteiger charge is -2.35. The number of hydrogen-bond acceptors (Lipinski definition) is 6. The molecule has 6 nitrogen and oxygen atoms in total. The van der Waals surface area contributed by atoms with Gasteiger partial charge in [0.15, 0.2) is 11.5 Å². The van der Waals surface area contributed by atoms with Crippen LogP contribution in [0.4, 0.5) is 19.0 Å². The van der Waals surface area contributed by atoms with E-state index >= 15 is 0 Å². The summed E-state index contributed by atoms with van der Waals surface area (Å²) in [4.78, 5) is 10.9. The maximum Gasteiger partial charge on any atom is 0.416 e. The number of benzene rings is 2. The number of nitrogens with one attached hydrogen (secondary N) is 1. The molecule has 1 aliphatic heterocycles. The van der Waals surface area contributed by atoms with Gasteiger partial charge in [0.2, 0.25) is 0 Å². The molecule has 2 heterocycles. The topological polar surface area (TPSA) is 59.5 Å². The van der Waals surface area contributed by atoms with E-state index in [1.54, 1.807) is 20.3 Å². The van der Waals surface area contributed by atoms with E-state index in [2.05, 4.69) is 20.2 Å². The zero-order valence-electron chi connectivity index (χ0n) is 16.5. The highest BCUT2D eigenvalue weighted by molar-refractivity contribution is 5.92. The van der Waals surface area contributed by atoms with Crippen molar-refractivity contribution in [3.63, 3.8) is 0 Å². The first-order chi connectivity index (χ1) is 14.4. The fourth-order valence-electron chi connectivity index (χ4n) is 3.69. The Morgan fingerprint density at radius 3 is 2.40 bits per heavy atom. The minimum Gasteiger partial charge on any atom is -0.493 e. The lowest BCUT2D eigenvalue weighted by molar-refractivity contribution is -0.137. The third-order valence-corrected chi connectivity index (χ3v) is 5.23. The van der Waals surface area contributed by atoms with Crippen molar-refractivity contribution in [2.75, 3.05) is 38.8 Å². The number of hydrogen-bond donors (Lipinski definition) is 1. The standard InChI is InChI=1S/C21H21F3N4O2/c1-29-18-9-15-16(10-19(18)30-2)26-12-27-20(15)28-8-7-25-17(11-28)13-3-5-14(6-4-13)21(22,23)24/h3-6,9-10,12,17,25H,7-8,11H2,1-2H3. The Labute approximate surface area is 171 Å². The van der Waals surface area contributed by atoms with E-state index in [0.29, 0.717) is 31.1 Å². The summed E-state index contributed by atoms with van der Waals surface area (Å²) in [6.45, 7) is 1.94. The first-order valence-corrected chi connectivity index (χ1v) is 9.43. The second kappa shape index (κ2) is 7.98. The van der Waals surface area contributed by atoms with Crippen molar-refractivity contribution >= 4 is 16.7 Å². The van der Waals surface area contributed by atoms with E-state index < -0.39 is 11.7 Å². The summed E-state index contributed by atoms with van der Waals surface area (Å²) in [7, 11) is 3.13. The summed E-state index contributed by atoms with van der Waals surface area (Å²) >= 11 is 0. The first kappa shape index (κ1) is 20.2.